The van der Waals surface area contributed by atoms with E-state index in [-0.39, 0.29) is 12.4 Å². The van der Waals surface area contributed by atoms with Crippen molar-refractivity contribution in [1.82, 2.24) is 0 Å². The summed E-state index contributed by atoms with van der Waals surface area (Å²) in [5.41, 5.74) is 1.36. The van der Waals surface area contributed by atoms with Gasteiger partial charge in [0.05, 0.1) is 17.2 Å². The third-order valence-electron chi connectivity index (χ3n) is 2.70. The lowest BCUT2D eigenvalue weighted by Gasteiger charge is -2.06. The number of ether oxygens (including phenoxy) is 1. The monoisotopic (exact) mass is 262 g/mol. The maximum atomic E-state index is 11.9. The molecule has 0 aliphatic carbocycles. The Morgan fingerprint density at radius 1 is 1.00 bits per heavy atom. The van der Waals surface area contributed by atoms with Crippen LogP contribution in [0.4, 0.5) is 0 Å². The molecular formula is C16H10N2O2. The van der Waals surface area contributed by atoms with E-state index in [1.807, 2.05) is 12.1 Å². The molecule has 0 amide bonds. The first kappa shape index (κ1) is 13.3. The number of nitriles is 2. The lowest BCUT2D eigenvalue weighted by atomic mass is 10.1. The van der Waals surface area contributed by atoms with Crippen LogP contribution in [0.25, 0.3) is 0 Å². The predicted molar refractivity (Wildman–Crippen MR) is 72.1 cm³/mol. The average molecular weight is 262 g/mol. The first-order valence-electron chi connectivity index (χ1n) is 5.90. The molecule has 96 valence electrons. The third kappa shape index (κ3) is 3.01. The van der Waals surface area contributed by atoms with E-state index in [0.29, 0.717) is 22.4 Å². The van der Waals surface area contributed by atoms with E-state index in [1.165, 1.54) is 0 Å². The van der Waals surface area contributed by atoms with Crippen molar-refractivity contribution < 1.29 is 9.53 Å². The topological polar surface area (TPSA) is 73.9 Å². The van der Waals surface area contributed by atoms with Gasteiger partial charge in [-0.05, 0) is 36.4 Å². The molecule has 2 aromatic rings. The fraction of sp³-hybridized carbons (Fsp3) is 0.0625. The highest BCUT2D eigenvalue weighted by molar-refractivity contribution is 5.97. The molecule has 0 aliphatic heterocycles. The number of benzene rings is 2. The van der Waals surface area contributed by atoms with Crippen molar-refractivity contribution in [1.29, 1.82) is 10.5 Å². The van der Waals surface area contributed by atoms with Crippen LogP contribution in [-0.4, -0.2) is 12.4 Å². The van der Waals surface area contributed by atoms with Crippen LogP contribution < -0.4 is 4.74 Å². The molecule has 4 heteroatoms. The zero-order valence-corrected chi connectivity index (χ0v) is 10.5. The van der Waals surface area contributed by atoms with Gasteiger partial charge in [-0.3, -0.25) is 4.79 Å². The molecule has 20 heavy (non-hydrogen) atoms. The number of ketones is 1. The van der Waals surface area contributed by atoms with Gasteiger partial charge < -0.3 is 4.74 Å². The fourth-order valence-electron chi connectivity index (χ4n) is 1.64. The first-order chi connectivity index (χ1) is 9.74. The average Bonchev–Trinajstić information content (AvgIpc) is 2.53. The molecule has 0 radical (unpaired) electrons. The number of Topliss-reactive ketones (excluding diaryl/α,β-unsaturated/α-hetero) is 1. The van der Waals surface area contributed by atoms with Crippen molar-refractivity contribution >= 4 is 5.78 Å². The molecule has 2 aromatic carbocycles. The van der Waals surface area contributed by atoms with E-state index in [9.17, 15) is 4.79 Å². The molecule has 0 aliphatic rings. The van der Waals surface area contributed by atoms with Gasteiger partial charge in [0.2, 0.25) is 0 Å². The summed E-state index contributed by atoms with van der Waals surface area (Å²) in [7, 11) is 0. The second-order valence-electron chi connectivity index (χ2n) is 4.01. The van der Waals surface area contributed by atoms with Crippen LogP contribution in [0.3, 0.4) is 0 Å². The van der Waals surface area contributed by atoms with E-state index < -0.39 is 0 Å². The van der Waals surface area contributed by atoms with Gasteiger partial charge in [0.25, 0.3) is 0 Å². The van der Waals surface area contributed by atoms with Crippen LogP contribution >= 0.6 is 0 Å². The van der Waals surface area contributed by atoms with E-state index in [0.717, 1.165) is 0 Å². The molecule has 0 saturated carbocycles. The lowest BCUT2D eigenvalue weighted by molar-refractivity contribution is 0.0921. The van der Waals surface area contributed by atoms with E-state index in [1.54, 1.807) is 48.5 Å². The summed E-state index contributed by atoms with van der Waals surface area (Å²) in [4.78, 5) is 11.9. The third-order valence-corrected chi connectivity index (χ3v) is 2.70. The van der Waals surface area contributed by atoms with Gasteiger partial charge in [0.15, 0.2) is 12.4 Å². The molecule has 0 unspecified atom stereocenters. The summed E-state index contributed by atoms with van der Waals surface area (Å²) in [5, 5.41) is 17.6. The molecule has 0 bridgehead atoms. The Balaban J connectivity index is 2.05. The SMILES string of the molecule is N#Cc1ccc(C(=O)COc2ccccc2C#N)cc1. The Morgan fingerprint density at radius 2 is 1.70 bits per heavy atom. The Kier molecular flexibility index (Phi) is 4.11. The number of hydrogen-bond acceptors (Lipinski definition) is 4. The van der Waals surface area contributed by atoms with Gasteiger partial charge in [-0.25, -0.2) is 0 Å². The minimum Gasteiger partial charge on any atom is -0.484 e. The maximum Gasteiger partial charge on any atom is 0.200 e. The van der Waals surface area contributed by atoms with Gasteiger partial charge >= 0.3 is 0 Å². The summed E-state index contributed by atoms with van der Waals surface area (Å²) in [6, 6.07) is 17.1. The summed E-state index contributed by atoms with van der Waals surface area (Å²) >= 11 is 0. The van der Waals surface area contributed by atoms with Crippen molar-refractivity contribution in [3.63, 3.8) is 0 Å². The van der Waals surface area contributed by atoms with E-state index in [4.69, 9.17) is 15.3 Å². The van der Waals surface area contributed by atoms with E-state index in [2.05, 4.69) is 0 Å². The van der Waals surface area contributed by atoms with Crippen molar-refractivity contribution in [3.8, 4) is 17.9 Å². The number of para-hydroxylation sites is 1. The molecule has 0 spiro atoms. The minimum absolute atomic E-state index is 0.148. The number of carbonyl (C=O) groups excluding carboxylic acids is 1. The van der Waals surface area contributed by atoms with Crippen LogP contribution in [0.1, 0.15) is 21.5 Å². The molecule has 0 heterocycles. The molecule has 0 saturated heterocycles. The standard InChI is InChI=1S/C16H10N2O2/c17-9-12-5-7-13(8-6-12)15(19)11-20-16-4-2-1-3-14(16)10-18/h1-8H,11H2. The second kappa shape index (κ2) is 6.17. The van der Waals surface area contributed by atoms with E-state index >= 15 is 0 Å². The normalized spacial score (nSPS) is 9.30. The number of nitrogens with zero attached hydrogens (tertiary/aromatic N) is 2. The van der Waals surface area contributed by atoms with Crippen molar-refractivity contribution in [2.75, 3.05) is 6.61 Å². The number of hydrogen-bond donors (Lipinski definition) is 0. The van der Waals surface area contributed by atoms with Crippen LogP contribution in [0, 0.1) is 22.7 Å². The largest absolute Gasteiger partial charge is 0.484 e. The van der Waals surface area contributed by atoms with Crippen LogP contribution in [0.2, 0.25) is 0 Å². The highest BCUT2D eigenvalue weighted by Gasteiger charge is 2.08. The summed E-state index contributed by atoms with van der Waals surface area (Å²) < 4.78 is 5.36. The Morgan fingerprint density at radius 3 is 2.35 bits per heavy atom. The zero-order chi connectivity index (χ0) is 14.4. The molecule has 0 N–H and O–H groups in total. The van der Waals surface area contributed by atoms with Crippen LogP contribution in [0.5, 0.6) is 5.75 Å². The highest BCUT2D eigenvalue weighted by atomic mass is 16.5. The van der Waals surface area contributed by atoms with Gasteiger partial charge in [-0.1, -0.05) is 12.1 Å². The van der Waals surface area contributed by atoms with Crippen LogP contribution in [-0.2, 0) is 0 Å². The second-order valence-corrected chi connectivity index (χ2v) is 4.01. The van der Waals surface area contributed by atoms with Crippen molar-refractivity contribution in [3.05, 3.63) is 65.2 Å². The first-order valence-corrected chi connectivity index (χ1v) is 5.90. The van der Waals surface area contributed by atoms with Gasteiger partial charge in [0.1, 0.15) is 11.8 Å². The molecule has 2 rings (SSSR count). The number of carbonyl (C=O) groups is 1. The minimum atomic E-state index is -0.206. The fourth-order valence-corrected chi connectivity index (χ4v) is 1.64. The molecular weight excluding hydrogens is 252 g/mol. The summed E-state index contributed by atoms with van der Waals surface area (Å²) in [6.45, 7) is -0.148. The van der Waals surface area contributed by atoms with Gasteiger partial charge in [-0.15, -0.1) is 0 Å². The highest BCUT2D eigenvalue weighted by Crippen LogP contribution is 2.16. The quantitative estimate of drug-likeness (QED) is 0.794. The van der Waals surface area contributed by atoms with Crippen molar-refractivity contribution in [2.45, 2.75) is 0 Å². The molecule has 0 aromatic heterocycles. The van der Waals surface area contributed by atoms with Crippen LogP contribution in [0.15, 0.2) is 48.5 Å². The maximum absolute atomic E-state index is 11.9. The predicted octanol–water partition coefficient (Wildman–Crippen LogP) is 2.69. The molecule has 0 fully saturated rings. The number of rotatable bonds is 4. The summed E-state index contributed by atoms with van der Waals surface area (Å²) in [6.07, 6.45) is 0. The Hall–Kier alpha value is -3.11. The summed E-state index contributed by atoms with van der Waals surface area (Å²) in [5.74, 6) is 0.180. The smallest absolute Gasteiger partial charge is 0.200 e. The zero-order valence-electron chi connectivity index (χ0n) is 10.5. The lowest BCUT2D eigenvalue weighted by Crippen LogP contribution is -2.12. The van der Waals surface area contributed by atoms with Gasteiger partial charge in [-0.2, -0.15) is 10.5 Å². The molecule has 0 atom stereocenters. The van der Waals surface area contributed by atoms with Crippen molar-refractivity contribution in [2.24, 2.45) is 0 Å². The molecule has 4 nitrogen and oxygen atoms in total. The Bertz CT molecular complexity index is 706. The van der Waals surface area contributed by atoms with Gasteiger partial charge in [0, 0.05) is 5.56 Å². The Labute approximate surface area is 116 Å².